The number of aliphatic hydroxyl groups is 3. The van der Waals surface area contributed by atoms with Crippen molar-refractivity contribution in [3.8, 4) is 0 Å². The fourth-order valence-electron chi connectivity index (χ4n) is 2.23. The highest BCUT2D eigenvalue weighted by Crippen LogP contribution is 2.42. The third-order valence-corrected chi connectivity index (χ3v) is 4.46. The number of carbonyl (C=O) groups excluding carboxylic acids is 1. The van der Waals surface area contributed by atoms with Crippen molar-refractivity contribution >= 4 is 17.7 Å². The van der Waals surface area contributed by atoms with Crippen molar-refractivity contribution in [3.05, 3.63) is 10.9 Å². The standard InChI is InChI=1S/C10H15FN2O5S/c1-13-4(9(12)17)8(11)19-10(13)7-6(16)5(15)3(2-14)18-7/h3,5-7,10,14-16H,2H2,1H3,(H2,12,17)/t3-,5-,6-,7-,10?/m1/s1. The predicted octanol–water partition coefficient (Wildman–Crippen LogP) is -1.90. The molecule has 2 aliphatic rings. The summed E-state index contributed by atoms with van der Waals surface area (Å²) < 4.78 is 19.0. The van der Waals surface area contributed by atoms with E-state index in [1.165, 1.54) is 11.9 Å². The second-order valence-electron chi connectivity index (χ2n) is 4.41. The second kappa shape index (κ2) is 5.25. The fourth-order valence-corrected chi connectivity index (χ4v) is 3.42. The van der Waals surface area contributed by atoms with Crippen molar-refractivity contribution in [3.63, 3.8) is 0 Å². The van der Waals surface area contributed by atoms with Crippen molar-refractivity contribution < 1.29 is 29.2 Å². The van der Waals surface area contributed by atoms with Gasteiger partial charge in [0.2, 0.25) is 0 Å². The van der Waals surface area contributed by atoms with E-state index in [1.54, 1.807) is 0 Å². The van der Waals surface area contributed by atoms with Gasteiger partial charge in [-0.1, -0.05) is 11.8 Å². The van der Waals surface area contributed by atoms with Crippen LogP contribution in [0.3, 0.4) is 0 Å². The van der Waals surface area contributed by atoms with Gasteiger partial charge in [0.25, 0.3) is 5.91 Å². The van der Waals surface area contributed by atoms with Crippen LogP contribution in [0.5, 0.6) is 0 Å². The van der Waals surface area contributed by atoms with E-state index in [0.717, 1.165) is 0 Å². The van der Waals surface area contributed by atoms with E-state index in [1.807, 2.05) is 0 Å². The number of halogens is 1. The molecule has 2 heterocycles. The van der Waals surface area contributed by atoms with Gasteiger partial charge in [-0.05, 0) is 0 Å². The monoisotopic (exact) mass is 294 g/mol. The molecular formula is C10H15FN2O5S. The molecule has 5 atom stereocenters. The Labute approximate surface area is 112 Å². The minimum absolute atomic E-state index is 0.285. The van der Waals surface area contributed by atoms with Crippen LogP contribution in [0.4, 0.5) is 4.39 Å². The van der Waals surface area contributed by atoms with Crippen LogP contribution in [-0.2, 0) is 9.53 Å². The third-order valence-electron chi connectivity index (χ3n) is 3.24. The minimum Gasteiger partial charge on any atom is -0.394 e. The van der Waals surface area contributed by atoms with Gasteiger partial charge in [-0.15, -0.1) is 0 Å². The summed E-state index contributed by atoms with van der Waals surface area (Å²) in [6.45, 7) is -0.464. The van der Waals surface area contributed by atoms with E-state index >= 15 is 0 Å². The van der Waals surface area contributed by atoms with Crippen molar-refractivity contribution in [2.75, 3.05) is 13.7 Å². The van der Waals surface area contributed by atoms with Crippen LogP contribution in [0.15, 0.2) is 10.9 Å². The summed E-state index contributed by atoms with van der Waals surface area (Å²) in [7, 11) is 1.44. The molecule has 0 aromatic heterocycles. The molecule has 1 fully saturated rings. The molecule has 1 saturated heterocycles. The van der Waals surface area contributed by atoms with Crippen LogP contribution in [-0.4, -0.2) is 69.6 Å². The van der Waals surface area contributed by atoms with Crippen molar-refractivity contribution in [2.24, 2.45) is 5.73 Å². The molecule has 0 aromatic carbocycles. The number of hydrogen-bond donors (Lipinski definition) is 4. The molecule has 0 spiro atoms. The maximum atomic E-state index is 13.6. The first kappa shape index (κ1) is 14.5. The Balaban J connectivity index is 2.16. The molecule has 0 aromatic rings. The van der Waals surface area contributed by atoms with Crippen LogP contribution >= 0.6 is 11.8 Å². The summed E-state index contributed by atoms with van der Waals surface area (Å²) in [6.07, 6.45) is -4.42. The molecule has 2 rings (SSSR count). The number of nitrogens with zero attached hydrogens (tertiary/aromatic N) is 1. The van der Waals surface area contributed by atoms with Crippen molar-refractivity contribution in [2.45, 2.75) is 29.8 Å². The van der Waals surface area contributed by atoms with Gasteiger partial charge in [0.1, 0.15) is 35.5 Å². The lowest BCUT2D eigenvalue weighted by Gasteiger charge is -2.28. The molecular weight excluding hydrogens is 279 g/mol. The van der Waals surface area contributed by atoms with Gasteiger partial charge in [0, 0.05) is 7.05 Å². The Bertz CT molecular complexity index is 421. The lowest BCUT2D eigenvalue weighted by Crippen LogP contribution is -2.44. The third kappa shape index (κ3) is 2.32. The molecule has 1 unspecified atom stereocenters. The zero-order valence-electron chi connectivity index (χ0n) is 10.1. The normalized spacial score (nSPS) is 39.2. The van der Waals surface area contributed by atoms with Gasteiger partial charge >= 0.3 is 0 Å². The lowest BCUT2D eigenvalue weighted by molar-refractivity contribution is -0.116. The van der Waals surface area contributed by atoms with Crippen LogP contribution in [0.25, 0.3) is 0 Å². The Morgan fingerprint density at radius 1 is 1.53 bits per heavy atom. The van der Waals surface area contributed by atoms with Crippen LogP contribution in [0.2, 0.25) is 0 Å². The Morgan fingerprint density at radius 2 is 2.16 bits per heavy atom. The highest BCUT2D eigenvalue weighted by atomic mass is 32.2. The number of aliphatic hydroxyl groups excluding tert-OH is 3. The van der Waals surface area contributed by atoms with Crippen LogP contribution in [0.1, 0.15) is 0 Å². The van der Waals surface area contributed by atoms with E-state index in [4.69, 9.17) is 15.6 Å². The van der Waals surface area contributed by atoms with E-state index in [0.29, 0.717) is 11.8 Å². The van der Waals surface area contributed by atoms with Gasteiger partial charge in [0.15, 0.2) is 5.16 Å². The summed E-state index contributed by atoms with van der Waals surface area (Å²) in [5.74, 6) is -0.915. The number of likely N-dealkylation sites (N-methyl/N-ethyl adjacent to an activating group) is 1. The zero-order valence-corrected chi connectivity index (χ0v) is 10.9. The highest BCUT2D eigenvalue weighted by molar-refractivity contribution is 8.03. The summed E-state index contributed by atoms with van der Waals surface area (Å²) in [4.78, 5) is 12.4. The average Bonchev–Trinajstić information content (AvgIpc) is 2.78. The molecule has 0 aliphatic carbocycles. The molecule has 0 bridgehead atoms. The number of primary amides is 1. The average molecular weight is 294 g/mol. The largest absolute Gasteiger partial charge is 0.394 e. The number of rotatable bonds is 3. The molecule has 0 saturated carbocycles. The highest BCUT2D eigenvalue weighted by Gasteiger charge is 2.50. The summed E-state index contributed by atoms with van der Waals surface area (Å²) in [5, 5.41) is 27.0. The van der Waals surface area contributed by atoms with E-state index < -0.39 is 47.5 Å². The molecule has 7 nitrogen and oxygen atoms in total. The number of thioether (sulfide) groups is 1. The number of nitrogens with two attached hydrogens (primary N) is 1. The number of carbonyl (C=O) groups is 1. The lowest BCUT2D eigenvalue weighted by atomic mass is 10.1. The number of hydrogen-bond acceptors (Lipinski definition) is 7. The summed E-state index contributed by atoms with van der Waals surface area (Å²) in [6, 6.07) is 0. The quantitative estimate of drug-likeness (QED) is 0.480. The molecule has 5 N–H and O–H groups in total. The van der Waals surface area contributed by atoms with Gasteiger partial charge in [-0.25, -0.2) is 0 Å². The summed E-state index contributed by atoms with van der Waals surface area (Å²) >= 11 is 0.686. The van der Waals surface area contributed by atoms with Gasteiger partial charge in [-0.3, -0.25) is 4.79 Å². The zero-order chi connectivity index (χ0) is 14.3. The van der Waals surface area contributed by atoms with E-state index in [9.17, 15) is 19.4 Å². The Hall–Kier alpha value is -0.870. The van der Waals surface area contributed by atoms with Gasteiger partial charge < -0.3 is 30.7 Å². The van der Waals surface area contributed by atoms with E-state index in [-0.39, 0.29) is 5.70 Å². The number of amides is 1. The van der Waals surface area contributed by atoms with Gasteiger partial charge in [-0.2, -0.15) is 4.39 Å². The summed E-state index contributed by atoms with van der Waals surface area (Å²) in [5.41, 5.74) is 4.79. The van der Waals surface area contributed by atoms with E-state index in [2.05, 4.69) is 0 Å². The smallest absolute Gasteiger partial charge is 0.268 e. The van der Waals surface area contributed by atoms with Crippen molar-refractivity contribution in [1.29, 1.82) is 0 Å². The van der Waals surface area contributed by atoms with Crippen molar-refractivity contribution in [1.82, 2.24) is 4.90 Å². The maximum Gasteiger partial charge on any atom is 0.268 e. The molecule has 2 aliphatic heterocycles. The van der Waals surface area contributed by atoms with Crippen LogP contribution in [0, 0.1) is 0 Å². The Kier molecular flexibility index (Phi) is 4.02. The molecule has 19 heavy (non-hydrogen) atoms. The van der Waals surface area contributed by atoms with Crippen LogP contribution < -0.4 is 5.73 Å². The first-order valence-electron chi connectivity index (χ1n) is 5.60. The second-order valence-corrected chi connectivity index (χ2v) is 5.49. The Morgan fingerprint density at radius 3 is 2.58 bits per heavy atom. The SMILES string of the molecule is CN1C(C(N)=O)=C(F)SC1[C@@H]1O[C@H](CO)[C@@H](O)[C@H]1O. The van der Waals surface area contributed by atoms with Gasteiger partial charge in [0.05, 0.1) is 6.61 Å². The predicted molar refractivity (Wildman–Crippen MR) is 64.2 cm³/mol. The molecule has 108 valence electrons. The number of ether oxygens (including phenoxy) is 1. The molecule has 9 heteroatoms. The maximum absolute atomic E-state index is 13.6. The first-order chi connectivity index (χ1) is 8.88. The first-order valence-corrected chi connectivity index (χ1v) is 6.48. The molecule has 0 radical (unpaired) electrons. The minimum atomic E-state index is -1.28. The fraction of sp³-hybridized carbons (Fsp3) is 0.700. The molecule has 1 amide bonds. The topological polar surface area (TPSA) is 116 Å².